The van der Waals surface area contributed by atoms with Gasteiger partial charge in [0, 0.05) is 19.6 Å². The summed E-state index contributed by atoms with van der Waals surface area (Å²) in [6, 6.07) is 7.51. The number of amides is 1. The van der Waals surface area contributed by atoms with Crippen molar-refractivity contribution in [2.45, 2.75) is 33.2 Å². The number of rotatable bonds is 8. The standard InChI is InChI=1S/C15H24N2O2/c1-3-5-10-17(4-2)15(18)12-19-14-8-6-13(11-16)7-9-14/h6-9H,3-5,10-12,16H2,1-2H3. The lowest BCUT2D eigenvalue weighted by atomic mass is 10.2. The van der Waals surface area contributed by atoms with E-state index < -0.39 is 0 Å². The lowest BCUT2D eigenvalue weighted by molar-refractivity contribution is -0.133. The van der Waals surface area contributed by atoms with Crippen molar-refractivity contribution in [3.05, 3.63) is 29.8 Å². The second kappa shape index (κ2) is 8.53. The smallest absolute Gasteiger partial charge is 0.260 e. The first-order chi connectivity index (χ1) is 9.21. The van der Waals surface area contributed by atoms with Gasteiger partial charge in [0.2, 0.25) is 0 Å². The highest BCUT2D eigenvalue weighted by atomic mass is 16.5. The molecule has 0 aliphatic heterocycles. The minimum Gasteiger partial charge on any atom is -0.484 e. The summed E-state index contributed by atoms with van der Waals surface area (Å²) in [5.41, 5.74) is 6.58. The highest BCUT2D eigenvalue weighted by Crippen LogP contribution is 2.12. The minimum atomic E-state index is 0.0406. The van der Waals surface area contributed by atoms with Crippen molar-refractivity contribution in [1.82, 2.24) is 4.90 Å². The van der Waals surface area contributed by atoms with Crippen LogP contribution in [0.25, 0.3) is 0 Å². The van der Waals surface area contributed by atoms with Gasteiger partial charge in [0.25, 0.3) is 5.91 Å². The van der Waals surface area contributed by atoms with Crippen LogP contribution in [0.2, 0.25) is 0 Å². The number of unbranched alkanes of at least 4 members (excludes halogenated alkanes) is 1. The van der Waals surface area contributed by atoms with E-state index in [1.165, 1.54) is 0 Å². The van der Waals surface area contributed by atoms with Gasteiger partial charge in [0.15, 0.2) is 6.61 Å². The lowest BCUT2D eigenvalue weighted by Crippen LogP contribution is -2.35. The maximum absolute atomic E-state index is 12.0. The summed E-state index contributed by atoms with van der Waals surface area (Å²) in [4.78, 5) is 13.8. The van der Waals surface area contributed by atoms with Crippen molar-refractivity contribution < 1.29 is 9.53 Å². The summed E-state index contributed by atoms with van der Waals surface area (Å²) < 4.78 is 5.50. The van der Waals surface area contributed by atoms with E-state index in [4.69, 9.17) is 10.5 Å². The first-order valence-electron chi connectivity index (χ1n) is 6.90. The van der Waals surface area contributed by atoms with Crippen LogP contribution in [-0.4, -0.2) is 30.5 Å². The normalized spacial score (nSPS) is 10.3. The van der Waals surface area contributed by atoms with Crippen LogP contribution in [0.15, 0.2) is 24.3 Å². The summed E-state index contributed by atoms with van der Waals surface area (Å²) >= 11 is 0. The average molecular weight is 264 g/mol. The van der Waals surface area contributed by atoms with Gasteiger partial charge in [-0.05, 0) is 31.0 Å². The van der Waals surface area contributed by atoms with Gasteiger partial charge in [-0.1, -0.05) is 25.5 Å². The quantitative estimate of drug-likeness (QED) is 0.783. The molecule has 0 fully saturated rings. The van der Waals surface area contributed by atoms with Crippen LogP contribution in [0, 0.1) is 0 Å². The van der Waals surface area contributed by atoms with Gasteiger partial charge >= 0.3 is 0 Å². The Labute approximate surface area is 115 Å². The molecule has 4 nitrogen and oxygen atoms in total. The van der Waals surface area contributed by atoms with Gasteiger partial charge in [-0.25, -0.2) is 0 Å². The minimum absolute atomic E-state index is 0.0406. The molecule has 1 amide bonds. The van der Waals surface area contributed by atoms with Gasteiger partial charge < -0.3 is 15.4 Å². The number of hydrogen-bond donors (Lipinski definition) is 1. The Bertz CT molecular complexity index is 376. The van der Waals surface area contributed by atoms with Gasteiger partial charge in [-0.3, -0.25) is 4.79 Å². The molecule has 0 saturated carbocycles. The van der Waals surface area contributed by atoms with Crippen LogP contribution >= 0.6 is 0 Å². The van der Waals surface area contributed by atoms with Crippen molar-refractivity contribution >= 4 is 5.91 Å². The molecule has 0 atom stereocenters. The van der Waals surface area contributed by atoms with Crippen LogP contribution in [0.1, 0.15) is 32.3 Å². The van der Waals surface area contributed by atoms with E-state index in [0.29, 0.717) is 12.3 Å². The number of nitrogens with zero attached hydrogens (tertiary/aromatic N) is 1. The molecular weight excluding hydrogens is 240 g/mol. The Morgan fingerprint density at radius 1 is 1.26 bits per heavy atom. The Kier molecular flexibility index (Phi) is 6.97. The molecule has 106 valence electrons. The van der Waals surface area contributed by atoms with Crippen LogP contribution in [-0.2, 0) is 11.3 Å². The Balaban J connectivity index is 2.43. The van der Waals surface area contributed by atoms with Gasteiger partial charge in [-0.15, -0.1) is 0 Å². The summed E-state index contributed by atoms with van der Waals surface area (Å²) in [5.74, 6) is 0.746. The maximum Gasteiger partial charge on any atom is 0.260 e. The molecule has 0 bridgehead atoms. The number of benzene rings is 1. The fourth-order valence-electron chi connectivity index (χ4n) is 1.77. The van der Waals surface area contributed by atoms with E-state index in [9.17, 15) is 4.79 Å². The zero-order valence-corrected chi connectivity index (χ0v) is 11.9. The molecule has 0 aromatic heterocycles. The maximum atomic E-state index is 12.0. The molecule has 0 saturated heterocycles. The van der Waals surface area contributed by atoms with Crippen LogP contribution < -0.4 is 10.5 Å². The van der Waals surface area contributed by atoms with E-state index in [-0.39, 0.29) is 12.5 Å². The van der Waals surface area contributed by atoms with Crippen molar-refractivity contribution in [2.75, 3.05) is 19.7 Å². The molecule has 0 spiro atoms. The SMILES string of the molecule is CCCCN(CC)C(=O)COc1ccc(CN)cc1. The number of carbonyl (C=O) groups excluding carboxylic acids is 1. The molecule has 2 N–H and O–H groups in total. The Hall–Kier alpha value is -1.55. The number of nitrogens with two attached hydrogens (primary N) is 1. The van der Waals surface area contributed by atoms with Crippen molar-refractivity contribution in [1.29, 1.82) is 0 Å². The van der Waals surface area contributed by atoms with E-state index in [0.717, 1.165) is 31.5 Å². The third-order valence-corrected chi connectivity index (χ3v) is 3.04. The van der Waals surface area contributed by atoms with Crippen LogP contribution in [0.4, 0.5) is 0 Å². The first kappa shape index (κ1) is 15.5. The zero-order chi connectivity index (χ0) is 14.1. The van der Waals surface area contributed by atoms with Crippen molar-refractivity contribution in [2.24, 2.45) is 5.73 Å². The van der Waals surface area contributed by atoms with Crippen molar-refractivity contribution in [3.8, 4) is 5.75 Å². The Morgan fingerprint density at radius 3 is 2.47 bits per heavy atom. The van der Waals surface area contributed by atoms with Gasteiger partial charge in [0.1, 0.15) is 5.75 Å². The summed E-state index contributed by atoms with van der Waals surface area (Å²) in [5, 5.41) is 0. The fourth-order valence-corrected chi connectivity index (χ4v) is 1.77. The molecule has 0 aliphatic carbocycles. The number of carbonyl (C=O) groups is 1. The lowest BCUT2D eigenvalue weighted by Gasteiger charge is -2.20. The third-order valence-electron chi connectivity index (χ3n) is 3.04. The molecule has 0 aliphatic rings. The molecule has 1 aromatic carbocycles. The molecule has 0 unspecified atom stereocenters. The predicted molar refractivity (Wildman–Crippen MR) is 77.0 cm³/mol. The monoisotopic (exact) mass is 264 g/mol. The summed E-state index contributed by atoms with van der Waals surface area (Å²) in [6.07, 6.45) is 2.12. The topological polar surface area (TPSA) is 55.6 Å². The largest absolute Gasteiger partial charge is 0.484 e. The molecule has 1 rings (SSSR count). The van der Waals surface area contributed by atoms with Crippen LogP contribution in [0.5, 0.6) is 5.75 Å². The zero-order valence-electron chi connectivity index (χ0n) is 11.9. The number of hydrogen-bond acceptors (Lipinski definition) is 3. The first-order valence-corrected chi connectivity index (χ1v) is 6.90. The molecule has 1 aromatic rings. The second-order valence-corrected chi connectivity index (χ2v) is 4.46. The third kappa shape index (κ3) is 5.30. The fraction of sp³-hybridized carbons (Fsp3) is 0.533. The van der Waals surface area contributed by atoms with Crippen molar-refractivity contribution in [3.63, 3.8) is 0 Å². The highest BCUT2D eigenvalue weighted by molar-refractivity contribution is 5.77. The summed E-state index contributed by atoms with van der Waals surface area (Å²) in [7, 11) is 0. The van der Waals surface area contributed by atoms with Crippen LogP contribution in [0.3, 0.4) is 0 Å². The van der Waals surface area contributed by atoms with Gasteiger partial charge in [-0.2, -0.15) is 0 Å². The van der Waals surface area contributed by atoms with E-state index >= 15 is 0 Å². The van der Waals surface area contributed by atoms with E-state index in [1.807, 2.05) is 36.1 Å². The Morgan fingerprint density at radius 2 is 1.95 bits per heavy atom. The number of likely N-dealkylation sites (N-methyl/N-ethyl adjacent to an activating group) is 1. The van der Waals surface area contributed by atoms with E-state index in [1.54, 1.807) is 0 Å². The average Bonchev–Trinajstić information content (AvgIpc) is 2.46. The molecule has 4 heteroatoms. The predicted octanol–water partition coefficient (Wildman–Crippen LogP) is 2.17. The number of ether oxygens (including phenoxy) is 1. The van der Waals surface area contributed by atoms with Gasteiger partial charge in [0.05, 0.1) is 0 Å². The van der Waals surface area contributed by atoms with E-state index in [2.05, 4.69) is 6.92 Å². The molecule has 19 heavy (non-hydrogen) atoms. The molecule has 0 radical (unpaired) electrons. The highest BCUT2D eigenvalue weighted by Gasteiger charge is 2.11. The second-order valence-electron chi connectivity index (χ2n) is 4.46. The summed E-state index contributed by atoms with van der Waals surface area (Å²) in [6.45, 7) is 6.26. The molecular formula is C15H24N2O2. The molecule has 0 heterocycles.